The number of hydrogen-bond acceptors (Lipinski definition) is 4. The van der Waals surface area contributed by atoms with Crippen LogP contribution in [0, 0.1) is 5.41 Å². The van der Waals surface area contributed by atoms with Crippen LogP contribution in [0.5, 0.6) is 0 Å². The maximum absolute atomic E-state index is 13.3. The van der Waals surface area contributed by atoms with Gasteiger partial charge in [-0.05, 0) is 66.8 Å². The van der Waals surface area contributed by atoms with E-state index in [1.165, 1.54) is 74.6 Å². The highest BCUT2D eigenvalue weighted by atomic mass is 16.3. The molecule has 2 aromatic carbocycles. The smallest absolute Gasteiger partial charge is 0.254 e. The number of rotatable bonds is 3. The fourth-order valence-electron chi connectivity index (χ4n) is 7.21. The Labute approximate surface area is 232 Å². The van der Waals surface area contributed by atoms with Crippen molar-refractivity contribution in [3.05, 3.63) is 65.2 Å². The molecule has 0 bridgehead atoms. The predicted octanol–water partition coefficient (Wildman–Crippen LogP) is 5.72. The van der Waals surface area contributed by atoms with Crippen LogP contribution >= 0.6 is 0 Å². The normalized spacial score (nSPS) is 24.4. The molecule has 1 spiro atoms. The van der Waals surface area contributed by atoms with E-state index < -0.39 is 5.60 Å². The van der Waals surface area contributed by atoms with E-state index >= 15 is 0 Å². The van der Waals surface area contributed by atoms with Crippen LogP contribution in [0.15, 0.2) is 48.5 Å². The van der Waals surface area contributed by atoms with E-state index in [1.54, 1.807) is 4.90 Å². The molecule has 2 aromatic rings. The van der Waals surface area contributed by atoms with Crippen molar-refractivity contribution in [2.75, 3.05) is 31.5 Å². The first-order chi connectivity index (χ1) is 19.0. The van der Waals surface area contributed by atoms with Gasteiger partial charge in [0.05, 0.1) is 6.04 Å². The summed E-state index contributed by atoms with van der Waals surface area (Å²) in [6.45, 7) is 1.98. The molecule has 4 aliphatic rings. The third kappa shape index (κ3) is 5.45. The highest BCUT2D eigenvalue weighted by molar-refractivity contribution is 5.94. The molecule has 0 aromatic heterocycles. The maximum Gasteiger partial charge on any atom is 0.254 e. The molecular formula is C33H43N3O3. The van der Waals surface area contributed by atoms with Crippen LogP contribution in [-0.2, 0) is 11.2 Å². The average molecular weight is 530 g/mol. The quantitative estimate of drug-likeness (QED) is 0.534. The summed E-state index contributed by atoms with van der Waals surface area (Å²) in [7, 11) is 0. The van der Waals surface area contributed by atoms with E-state index in [-0.39, 0.29) is 23.3 Å². The zero-order valence-corrected chi connectivity index (χ0v) is 23.2. The number of para-hydroxylation sites is 1. The van der Waals surface area contributed by atoms with Crippen LogP contribution in [0.1, 0.15) is 98.2 Å². The molecule has 39 heavy (non-hydrogen) atoms. The minimum absolute atomic E-state index is 0.0223. The summed E-state index contributed by atoms with van der Waals surface area (Å²) in [5.74, 6) is -0.149. The topological polar surface area (TPSA) is 72.9 Å². The number of aliphatic hydroxyl groups is 1. The fraction of sp³-hybridized carbons (Fsp3) is 0.576. The number of carbonyl (C=O) groups excluding carboxylic acids is 2. The van der Waals surface area contributed by atoms with Gasteiger partial charge in [0, 0.05) is 37.4 Å². The van der Waals surface area contributed by atoms with E-state index in [0.717, 1.165) is 6.42 Å². The fourth-order valence-corrected chi connectivity index (χ4v) is 7.21. The molecule has 2 aliphatic heterocycles. The average Bonchev–Trinajstić information content (AvgIpc) is 3.74. The molecule has 2 heterocycles. The number of piperazine rings is 1. The molecule has 6 heteroatoms. The second kappa shape index (κ2) is 11.0. The Morgan fingerprint density at radius 2 is 1.33 bits per heavy atom. The van der Waals surface area contributed by atoms with Gasteiger partial charge < -0.3 is 20.2 Å². The summed E-state index contributed by atoms with van der Waals surface area (Å²) in [6.07, 6.45) is 14.0. The largest absolute Gasteiger partial charge is 0.380 e. The molecule has 6 nitrogen and oxygen atoms in total. The highest BCUT2D eigenvalue weighted by Gasteiger charge is 2.50. The molecular weight excluding hydrogens is 486 g/mol. The van der Waals surface area contributed by atoms with E-state index in [0.29, 0.717) is 44.6 Å². The minimum Gasteiger partial charge on any atom is -0.380 e. The van der Waals surface area contributed by atoms with Gasteiger partial charge in [-0.2, -0.15) is 0 Å². The van der Waals surface area contributed by atoms with Gasteiger partial charge in [-0.15, -0.1) is 0 Å². The number of nitrogens with zero attached hydrogens (tertiary/aromatic N) is 2. The van der Waals surface area contributed by atoms with Crippen LogP contribution in [0.25, 0.3) is 0 Å². The summed E-state index contributed by atoms with van der Waals surface area (Å²) in [4.78, 5) is 29.4. The lowest BCUT2D eigenvalue weighted by atomic mass is 9.64. The number of benzene rings is 2. The van der Waals surface area contributed by atoms with Gasteiger partial charge in [0.2, 0.25) is 0 Å². The number of amides is 2. The maximum atomic E-state index is 13.3. The SMILES string of the molecule is O=C(c1ccc(C2Nc3ccccc3CC23CCCCCCCCC3)cc1)N1CCN(C(=O)C2(O)CC2)CC1. The molecule has 3 fully saturated rings. The van der Waals surface area contributed by atoms with Gasteiger partial charge in [0.15, 0.2) is 0 Å². The molecule has 1 atom stereocenters. The summed E-state index contributed by atoms with van der Waals surface area (Å²) in [5, 5.41) is 14.1. The number of anilines is 1. The molecule has 0 radical (unpaired) electrons. The van der Waals surface area contributed by atoms with Crippen LogP contribution in [-0.4, -0.2) is 58.5 Å². The molecule has 1 unspecified atom stereocenters. The van der Waals surface area contributed by atoms with Crippen LogP contribution in [0.4, 0.5) is 5.69 Å². The number of carbonyl (C=O) groups is 2. The van der Waals surface area contributed by atoms with Crippen molar-refractivity contribution in [3.8, 4) is 0 Å². The summed E-state index contributed by atoms with van der Waals surface area (Å²) >= 11 is 0. The Bertz CT molecular complexity index is 1170. The highest BCUT2D eigenvalue weighted by Crippen LogP contribution is 2.51. The second-order valence-corrected chi connectivity index (χ2v) is 12.5. The predicted molar refractivity (Wildman–Crippen MR) is 154 cm³/mol. The van der Waals surface area contributed by atoms with Crippen molar-refractivity contribution in [2.45, 2.75) is 88.7 Å². The van der Waals surface area contributed by atoms with Crippen molar-refractivity contribution in [1.82, 2.24) is 9.80 Å². The van der Waals surface area contributed by atoms with E-state index in [4.69, 9.17) is 0 Å². The van der Waals surface area contributed by atoms with Crippen LogP contribution in [0.3, 0.4) is 0 Å². The molecule has 1 saturated heterocycles. The monoisotopic (exact) mass is 529 g/mol. The molecule has 2 N–H and O–H groups in total. The van der Waals surface area contributed by atoms with Crippen molar-refractivity contribution in [2.24, 2.45) is 5.41 Å². The Morgan fingerprint density at radius 3 is 1.97 bits per heavy atom. The van der Waals surface area contributed by atoms with Gasteiger partial charge in [0.1, 0.15) is 5.60 Å². The Balaban J connectivity index is 1.18. The van der Waals surface area contributed by atoms with Crippen LogP contribution in [0.2, 0.25) is 0 Å². The molecule has 2 saturated carbocycles. The zero-order valence-electron chi connectivity index (χ0n) is 23.2. The van der Waals surface area contributed by atoms with Crippen molar-refractivity contribution >= 4 is 17.5 Å². The lowest BCUT2D eigenvalue weighted by Crippen LogP contribution is -2.53. The van der Waals surface area contributed by atoms with E-state index in [9.17, 15) is 14.7 Å². The van der Waals surface area contributed by atoms with E-state index in [1.807, 2.05) is 17.0 Å². The Kier molecular flexibility index (Phi) is 7.41. The van der Waals surface area contributed by atoms with Gasteiger partial charge in [-0.3, -0.25) is 9.59 Å². The van der Waals surface area contributed by atoms with Gasteiger partial charge in [-0.25, -0.2) is 0 Å². The van der Waals surface area contributed by atoms with Crippen LogP contribution < -0.4 is 5.32 Å². The second-order valence-electron chi connectivity index (χ2n) is 12.5. The summed E-state index contributed by atoms with van der Waals surface area (Å²) in [5.41, 5.74) is 3.70. The van der Waals surface area contributed by atoms with Crippen molar-refractivity contribution < 1.29 is 14.7 Å². The number of nitrogens with one attached hydrogen (secondary N) is 1. The minimum atomic E-state index is -1.14. The summed E-state index contributed by atoms with van der Waals surface area (Å²) < 4.78 is 0. The Hall–Kier alpha value is -2.86. The number of hydrogen-bond donors (Lipinski definition) is 2. The van der Waals surface area contributed by atoms with Crippen molar-refractivity contribution in [1.29, 1.82) is 0 Å². The first-order valence-corrected chi connectivity index (χ1v) is 15.2. The molecule has 2 aliphatic carbocycles. The molecule has 208 valence electrons. The third-order valence-corrected chi connectivity index (χ3v) is 9.79. The first-order valence-electron chi connectivity index (χ1n) is 15.2. The lowest BCUT2D eigenvalue weighted by molar-refractivity contribution is -0.143. The van der Waals surface area contributed by atoms with Crippen molar-refractivity contribution in [3.63, 3.8) is 0 Å². The standard InChI is InChI=1S/C33H43N3O3/c37-30(35-20-22-36(23-21-35)31(38)33(39)18-19-33)26-14-12-25(13-15-26)29-32(16-8-4-2-1-3-5-9-17-32)24-27-10-6-7-11-28(27)34-29/h6-7,10-15,29,34,39H,1-5,8-9,16-24H2. The molecule has 6 rings (SSSR count). The molecule has 2 amide bonds. The lowest BCUT2D eigenvalue weighted by Gasteiger charge is -2.47. The van der Waals surface area contributed by atoms with E-state index in [2.05, 4.69) is 41.7 Å². The van der Waals surface area contributed by atoms with Gasteiger partial charge >= 0.3 is 0 Å². The Morgan fingerprint density at radius 1 is 0.744 bits per heavy atom. The summed E-state index contributed by atoms with van der Waals surface area (Å²) in [6, 6.07) is 17.4. The first kappa shape index (κ1) is 26.4. The van der Waals surface area contributed by atoms with Gasteiger partial charge in [-0.1, -0.05) is 75.3 Å². The third-order valence-electron chi connectivity index (χ3n) is 9.79. The zero-order chi connectivity index (χ0) is 26.9. The van der Waals surface area contributed by atoms with Gasteiger partial charge in [0.25, 0.3) is 11.8 Å². The number of fused-ring (bicyclic) bond motifs is 1.